The molecule has 1 aromatic carbocycles. The minimum Gasteiger partial charge on any atom is -0.370 e. The number of aryl methyl sites for hydroxylation is 2. The summed E-state index contributed by atoms with van der Waals surface area (Å²) in [7, 11) is 0. The number of amides is 1. The smallest absolute Gasteiger partial charge is 0.219 e. The lowest BCUT2D eigenvalue weighted by atomic mass is 10.1. The highest BCUT2D eigenvalue weighted by Crippen LogP contribution is 2.21. The van der Waals surface area contributed by atoms with Gasteiger partial charge in [-0.25, -0.2) is 0 Å². The van der Waals surface area contributed by atoms with E-state index in [0.29, 0.717) is 13.0 Å². The van der Waals surface area contributed by atoms with Crippen LogP contribution in [0.3, 0.4) is 0 Å². The van der Waals surface area contributed by atoms with E-state index in [9.17, 15) is 4.79 Å². The normalized spacial score (nSPS) is 10.8. The lowest BCUT2D eigenvalue weighted by Crippen LogP contribution is -2.13. The SMILES string of the molecule is CCc1cccc2ccn(CCC(N)=O)c12. The number of fused-ring (bicyclic) bond motifs is 1. The third kappa shape index (κ3) is 1.94. The molecule has 2 aromatic rings. The number of nitrogens with two attached hydrogens (primary N) is 1. The van der Waals surface area contributed by atoms with E-state index in [4.69, 9.17) is 5.73 Å². The molecule has 16 heavy (non-hydrogen) atoms. The van der Waals surface area contributed by atoms with Gasteiger partial charge < -0.3 is 10.3 Å². The quantitative estimate of drug-likeness (QED) is 0.835. The summed E-state index contributed by atoms with van der Waals surface area (Å²) in [6.07, 6.45) is 3.41. The maximum Gasteiger partial charge on any atom is 0.219 e. The first kappa shape index (κ1) is 10.7. The van der Waals surface area contributed by atoms with Crippen LogP contribution in [0.5, 0.6) is 0 Å². The van der Waals surface area contributed by atoms with E-state index < -0.39 is 0 Å². The molecule has 0 bridgehead atoms. The lowest BCUT2D eigenvalue weighted by molar-refractivity contribution is -0.118. The summed E-state index contributed by atoms with van der Waals surface area (Å²) in [5, 5.41) is 1.23. The van der Waals surface area contributed by atoms with Gasteiger partial charge in [-0.2, -0.15) is 0 Å². The van der Waals surface area contributed by atoms with Crippen LogP contribution in [-0.4, -0.2) is 10.5 Å². The fraction of sp³-hybridized carbons (Fsp3) is 0.308. The molecule has 0 radical (unpaired) electrons. The summed E-state index contributed by atoms with van der Waals surface area (Å²) in [5.41, 5.74) is 7.71. The molecule has 0 spiro atoms. The third-order valence-corrected chi connectivity index (χ3v) is 2.85. The summed E-state index contributed by atoms with van der Waals surface area (Å²) in [6.45, 7) is 2.80. The van der Waals surface area contributed by atoms with Gasteiger partial charge in [-0.1, -0.05) is 25.1 Å². The predicted molar refractivity (Wildman–Crippen MR) is 65.1 cm³/mol. The van der Waals surface area contributed by atoms with Gasteiger partial charge in [0, 0.05) is 19.2 Å². The van der Waals surface area contributed by atoms with Crippen LogP contribution in [-0.2, 0) is 17.8 Å². The van der Waals surface area contributed by atoms with Gasteiger partial charge >= 0.3 is 0 Å². The molecule has 0 aliphatic heterocycles. The highest BCUT2D eigenvalue weighted by molar-refractivity contribution is 5.83. The molecular formula is C13H16N2O. The summed E-state index contributed by atoms with van der Waals surface area (Å²) in [4.78, 5) is 10.8. The van der Waals surface area contributed by atoms with Crippen molar-refractivity contribution >= 4 is 16.8 Å². The number of hydrogen-bond donors (Lipinski definition) is 1. The molecule has 3 nitrogen and oxygen atoms in total. The average molecular weight is 216 g/mol. The Labute approximate surface area is 94.9 Å². The van der Waals surface area contributed by atoms with Crippen LogP contribution in [0.4, 0.5) is 0 Å². The second kappa shape index (κ2) is 4.39. The zero-order valence-corrected chi connectivity index (χ0v) is 9.44. The first-order valence-electron chi connectivity index (χ1n) is 5.57. The molecule has 0 aliphatic rings. The Bertz CT molecular complexity index is 514. The van der Waals surface area contributed by atoms with Gasteiger partial charge in [-0.05, 0) is 23.4 Å². The van der Waals surface area contributed by atoms with Crippen molar-refractivity contribution in [1.29, 1.82) is 0 Å². The van der Waals surface area contributed by atoms with Gasteiger partial charge in [0.15, 0.2) is 0 Å². The number of carbonyl (C=O) groups excluding carboxylic acids is 1. The fourth-order valence-corrected chi connectivity index (χ4v) is 2.04. The Morgan fingerprint density at radius 3 is 2.88 bits per heavy atom. The van der Waals surface area contributed by atoms with Crippen LogP contribution in [0.25, 0.3) is 10.9 Å². The molecule has 2 rings (SSSR count). The number of aromatic nitrogens is 1. The van der Waals surface area contributed by atoms with E-state index in [0.717, 1.165) is 6.42 Å². The Hall–Kier alpha value is -1.77. The number of para-hydroxylation sites is 1. The summed E-state index contributed by atoms with van der Waals surface area (Å²) < 4.78 is 2.11. The zero-order chi connectivity index (χ0) is 11.5. The minimum atomic E-state index is -0.254. The van der Waals surface area contributed by atoms with E-state index in [-0.39, 0.29) is 5.91 Å². The summed E-state index contributed by atoms with van der Waals surface area (Å²) >= 11 is 0. The lowest BCUT2D eigenvalue weighted by Gasteiger charge is -2.07. The largest absolute Gasteiger partial charge is 0.370 e. The number of carbonyl (C=O) groups is 1. The van der Waals surface area contributed by atoms with Crippen molar-refractivity contribution in [3.8, 4) is 0 Å². The molecule has 1 amide bonds. The third-order valence-electron chi connectivity index (χ3n) is 2.85. The van der Waals surface area contributed by atoms with Crippen LogP contribution >= 0.6 is 0 Å². The predicted octanol–water partition coefficient (Wildman–Crippen LogP) is 2.08. The Kier molecular flexibility index (Phi) is 2.95. The van der Waals surface area contributed by atoms with Gasteiger partial charge in [0.25, 0.3) is 0 Å². The van der Waals surface area contributed by atoms with Gasteiger partial charge in [-0.15, -0.1) is 0 Å². The molecule has 0 unspecified atom stereocenters. The first-order chi connectivity index (χ1) is 7.72. The van der Waals surface area contributed by atoms with Crippen LogP contribution in [0.15, 0.2) is 30.5 Å². The summed E-state index contributed by atoms with van der Waals surface area (Å²) in [6, 6.07) is 8.37. The van der Waals surface area contributed by atoms with Gasteiger partial charge in [0.2, 0.25) is 5.91 Å². The molecule has 0 saturated heterocycles. The van der Waals surface area contributed by atoms with Crippen LogP contribution in [0, 0.1) is 0 Å². The average Bonchev–Trinajstić information content (AvgIpc) is 2.69. The zero-order valence-electron chi connectivity index (χ0n) is 9.44. The van der Waals surface area contributed by atoms with E-state index in [2.05, 4.69) is 35.8 Å². The first-order valence-corrected chi connectivity index (χ1v) is 5.57. The van der Waals surface area contributed by atoms with Crippen molar-refractivity contribution < 1.29 is 4.79 Å². The van der Waals surface area contributed by atoms with Crippen molar-refractivity contribution in [2.24, 2.45) is 5.73 Å². The van der Waals surface area contributed by atoms with Crippen molar-refractivity contribution in [3.05, 3.63) is 36.0 Å². The Balaban J connectivity index is 2.41. The van der Waals surface area contributed by atoms with Gasteiger partial charge in [0.05, 0.1) is 5.52 Å². The molecule has 0 fully saturated rings. The molecule has 0 atom stereocenters. The minimum absolute atomic E-state index is 0.254. The number of benzene rings is 1. The monoisotopic (exact) mass is 216 g/mol. The molecule has 0 aliphatic carbocycles. The number of nitrogens with zero attached hydrogens (tertiary/aromatic N) is 1. The number of rotatable bonds is 4. The number of hydrogen-bond acceptors (Lipinski definition) is 1. The Morgan fingerprint density at radius 2 is 2.19 bits per heavy atom. The highest BCUT2D eigenvalue weighted by Gasteiger charge is 2.05. The van der Waals surface area contributed by atoms with Crippen LogP contribution < -0.4 is 5.73 Å². The molecule has 1 aromatic heterocycles. The van der Waals surface area contributed by atoms with Gasteiger partial charge in [0.1, 0.15) is 0 Å². The van der Waals surface area contributed by atoms with E-state index in [1.165, 1.54) is 16.5 Å². The second-order valence-corrected chi connectivity index (χ2v) is 3.93. The molecular weight excluding hydrogens is 200 g/mol. The van der Waals surface area contributed by atoms with Crippen molar-refractivity contribution in [2.45, 2.75) is 26.3 Å². The maximum atomic E-state index is 10.8. The number of primary amides is 1. The standard InChI is InChI=1S/C13H16N2O/c1-2-10-4-3-5-11-6-8-15(13(10)11)9-7-12(14)16/h3-6,8H,2,7,9H2,1H3,(H2,14,16). The molecule has 2 N–H and O–H groups in total. The molecule has 3 heteroatoms. The van der Waals surface area contributed by atoms with Crippen molar-refractivity contribution in [3.63, 3.8) is 0 Å². The van der Waals surface area contributed by atoms with E-state index in [1.54, 1.807) is 0 Å². The second-order valence-electron chi connectivity index (χ2n) is 3.93. The van der Waals surface area contributed by atoms with Crippen LogP contribution in [0.1, 0.15) is 18.9 Å². The molecule has 84 valence electrons. The molecule has 0 saturated carbocycles. The van der Waals surface area contributed by atoms with Crippen molar-refractivity contribution in [2.75, 3.05) is 0 Å². The van der Waals surface area contributed by atoms with E-state index in [1.807, 2.05) is 6.20 Å². The van der Waals surface area contributed by atoms with Crippen molar-refractivity contribution in [1.82, 2.24) is 4.57 Å². The maximum absolute atomic E-state index is 10.8. The highest BCUT2D eigenvalue weighted by atomic mass is 16.1. The summed E-state index contributed by atoms with van der Waals surface area (Å²) in [5.74, 6) is -0.254. The van der Waals surface area contributed by atoms with Crippen LogP contribution in [0.2, 0.25) is 0 Å². The molecule has 1 heterocycles. The van der Waals surface area contributed by atoms with E-state index >= 15 is 0 Å². The topological polar surface area (TPSA) is 48.0 Å². The van der Waals surface area contributed by atoms with Gasteiger partial charge in [-0.3, -0.25) is 4.79 Å². The Morgan fingerprint density at radius 1 is 1.38 bits per heavy atom. The fourth-order valence-electron chi connectivity index (χ4n) is 2.04.